The van der Waals surface area contributed by atoms with Gasteiger partial charge < -0.3 is 5.73 Å². The van der Waals surface area contributed by atoms with Crippen LogP contribution in [0, 0.1) is 5.92 Å². The molecule has 0 bridgehead atoms. The SMILES string of the molecule is NCC1CCN(Cc2cnc3ccccc3c2)C1. The van der Waals surface area contributed by atoms with Crippen LogP contribution < -0.4 is 5.73 Å². The topological polar surface area (TPSA) is 42.1 Å². The Hall–Kier alpha value is -1.45. The number of pyridine rings is 1. The Kier molecular flexibility index (Phi) is 3.26. The van der Waals surface area contributed by atoms with Crippen molar-refractivity contribution in [3.63, 3.8) is 0 Å². The monoisotopic (exact) mass is 241 g/mol. The maximum absolute atomic E-state index is 5.72. The summed E-state index contributed by atoms with van der Waals surface area (Å²) >= 11 is 0. The van der Waals surface area contributed by atoms with E-state index in [0.29, 0.717) is 5.92 Å². The van der Waals surface area contributed by atoms with Gasteiger partial charge in [0.1, 0.15) is 0 Å². The van der Waals surface area contributed by atoms with Crippen molar-refractivity contribution in [1.29, 1.82) is 0 Å². The van der Waals surface area contributed by atoms with Crippen LogP contribution in [0.15, 0.2) is 36.5 Å². The number of benzene rings is 1. The summed E-state index contributed by atoms with van der Waals surface area (Å²) in [6.07, 6.45) is 3.23. The summed E-state index contributed by atoms with van der Waals surface area (Å²) < 4.78 is 0. The van der Waals surface area contributed by atoms with Crippen molar-refractivity contribution >= 4 is 10.9 Å². The zero-order valence-corrected chi connectivity index (χ0v) is 10.5. The first-order valence-electron chi connectivity index (χ1n) is 6.61. The molecular weight excluding hydrogens is 222 g/mol. The van der Waals surface area contributed by atoms with Gasteiger partial charge in [-0.25, -0.2) is 0 Å². The van der Waals surface area contributed by atoms with E-state index in [-0.39, 0.29) is 0 Å². The summed E-state index contributed by atoms with van der Waals surface area (Å²) in [4.78, 5) is 6.99. The number of likely N-dealkylation sites (tertiary alicyclic amines) is 1. The van der Waals surface area contributed by atoms with Crippen molar-refractivity contribution in [2.24, 2.45) is 11.7 Å². The minimum atomic E-state index is 0.679. The zero-order valence-electron chi connectivity index (χ0n) is 10.5. The van der Waals surface area contributed by atoms with Crippen molar-refractivity contribution in [3.8, 4) is 0 Å². The number of hydrogen-bond acceptors (Lipinski definition) is 3. The molecule has 3 rings (SSSR count). The Bertz CT molecular complexity index is 538. The van der Waals surface area contributed by atoms with E-state index < -0.39 is 0 Å². The van der Waals surface area contributed by atoms with E-state index in [1.54, 1.807) is 0 Å². The molecule has 0 amide bonds. The minimum absolute atomic E-state index is 0.679. The summed E-state index contributed by atoms with van der Waals surface area (Å²) in [6.45, 7) is 4.10. The Labute approximate surface area is 108 Å². The maximum Gasteiger partial charge on any atom is 0.0702 e. The second-order valence-electron chi connectivity index (χ2n) is 5.16. The molecule has 1 aliphatic heterocycles. The highest BCUT2D eigenvalue weighted by Gasteiger charge is 2.20. The van der Waals surface area contributed by atoms with Crippen LogP contribution in [0.1, 0.15) is 12.0 Å². The fourth-order valence-electron chi connectivity index (χ4n) is 2.71. The molecular formula is C15H19N3. The van der Waals surface area contributed by atoms with Crippen LogP contribution in [-0.4, -0.2) is 29.5 Å². The molecule has 1 saturated heterocycles. The van der Waals surface area contributed by atoms with Gasteiger partial charge in [0, 0.05) is 24.7 Å². The predicted octanol–water partition coefficient (Wildman–Crippen LogP) is 2.02. The number of rotatable bonds is 3. The third-order valence-electron chi connectivity index (χ3n) is 3.76. The molecule has 1 aliphatic rings. The number of para-hydroxylation sites is 1. The van der Waals surface area contributed by atoms with Crippen molar-refractivity contribution in [2.45, 2.75) is 13.0 Å². The normalized spacial score (nSPS) is 20.6. The van der Waals surface area contributed by atoms with Crippen LogP contribution >= 0.6 is 0 Å². The number of nitrogens with two attached hydrogens (primary N) is 1. The van der Waals surface area contributed by atoms with Crippen molar-refractivity contribution < 1.29 is 0 Å². The second kappa shape index (κ2) is 5.04. The first-order valence-corrected chi connectivity index (χ1v) is 6.61. The van der Waals surface area contributed by atoms with Gasteiger partial charge in [-0.1, -0.05) is 18.2 Å². The second-order valence-corrected chi connectivity index (χ2v) is 5.16. The van der Waals surface area contributed by atoms with E-state index in [1.807, 2.05) is 12.3 Å². The molecule has 0 saturated carbocycles. The standard InChI is InChI=1S/C15H19N3/c16-8-12-5-6-18(10-12)11-13-7-14-3-1-2-4-15(14)17-9-13/h1-4,7,9,12H,5-6,8,10-11,16H2. The molecule has 3 heteroatoms. The van der Waals surface area contributed by atoms with Crippen LogP contribution in [0.2, 0.25) is 0 Å². The van der Waals surface area contributed by atoms with Gasteiger partial charge in [-0.3, -0.25) is 9.88 Å². The first kappa shape index (κ1) is 11.6. The van der Waals surface area contributed by atoms with Gasteiger partial charge in [0.05, 0.1) is 5.52 Å². The van der Waals surface area contributed by atoms with Gasteiger partial charge in [-0.2, -0.15) is 0 Å². The lowest BCUT2D eigenvalue weighted by atomic mass is 10.1. The van der Waals surface area contributed by atoms with Crippen molar-refractivity contribution in [3.05, 3.63) is 42.1 Å². The predicted molar refractivity (Wildman–Crippen MR) is 74.2 cm³/mol. The van der Waals surface area contributed by atoms with Gasteiger partial charge in [-0.05, 0) is 43.1 Å². The van der Waals surface area contributed by atoms with Crippen LogP contribution in [0.5, 0.6) is 0 Å². The molecule has 0 aliphatic carbocycles. The van der Waals surface area contributed by atoms with Gasteiger partial charge in [0.2, 0.25) is 0 Å². The van der Waals surface area contributed by atoms with Crippen LogP contribution in [0.25, 0.3) is 10.9 Å². The van der Waals surface area contributed by atoms with Gasteiger partial charge in [0.25, 0.3) is 0 Å². The Balaban J connectivity index is 1.75. The molecule has 1 aromatic heterocycles. The zero-order chi connectivity index (χ0) is 12.4. The average Bonchev–Trinajstić information content (AvgIpc) is 2.86. The molecule has 2 aromatic rings. The lowest BCUT2D eigenvalue weighted by Gasteiger charge is -2.15. The first-order chi connectivity index (χ1) is 8.85. The van der Waals surface area contributed by atoms with Gasteiger partial charge >= 0.3 is 0 Å². The summed E-state index contributed by atoms with van der Waals surface area (Å²) in [6, 6.07) is 10.5. The number of nitrogens with zero attached hydrogens (tertiary/aromatic N) is 2. The van der Waals surface area contributed by atoms with Crippen LogP contribution in [-0.2, 0) is 6.54 Å². The molecule has 1 unspecified atom stereocenters. The molecule has 18 heavy (non-hydrogen) atoms. The summed E-state index contributed by atoms with van der Waals surface area (Å²) in [5.41, 5.74) is 8.09. The molecule has 0 spiro atoms. The Morgan fingerprint density at radius 3 is 3.06 bits per heavy atom. The summed E-state index contributed by atoms with van der Waals surface area (Å²) in [5.74, 6) is 0.679. The van der Waals surface area contributed by atoms with E-state index in [0.717, 1.165) is 31.7 Å². The Morgan fingerprint density at radius 1 is 1.33 bits per heavy atom. The molecule has 1 aromatic carbocycles. The molecule has 0 radical (unpaired) electrons. The minimum Gasteiger partial charge on any atom is -0.330 e. The van der Waals surface area contributed by atoms with Gasteiger partial charge in [0.15, 0.2) is 0 Å². The maximum atomic E-state index is 5.72. The van der Waals surface area contributed by atoms with E-state index in [2.05, 4.69) is 34.1 Å². The largest absolute Gasteiger partial charge is 0.330 e. The number of fused-ring (bicyclic) bond motifs is 1. The highest BCUT2D eigenvalue weighted by Crippen LogP contribution is 2.19. The lowest BCUT2D eigenvalue weighted by molar-refractivity contribution is 0.317. The molecule has 2 heterocycles. The fraction of sp³-hybridized carbons (Fsp3) is 0.400. The molecule has 1 atom stereocenters. The highest BCUT2D eigenvalue weighted by atomic mass is 15.1. The fourth-order valence-corrected chi connectivity index (χ4v) is 2.71. The molecule has 3 nitrogen and oxygen atoms in total. The Morgan fingerprint density at radius 2 is 2.22 bits per heavy atom. The lowest BCUT2D eigenvalue weighted by Crippen LogP contribution is -2.22. The van der Waals surface area contributed by atoms with Gasteiger partial charge in [-0.15, -0.1) is 0 Å². The van der Waals surface area contributed by atoms with Crippen LogP contribution in [0.4, 0.5) is 0 Å². The summed E-state index contributed by atoms with van der Waals surface area (Å²) in [7, 11) is 0. The quantitative estimate of drug-likeness (QED) is 0.894. The van der Waals surface area contributed by atoms with E-state index in [4.69, 9.17) is 5.73 Å². The third kappa shape index (κ3) is 2.37. The summed E-state index contributed by atoms with van der Waals surface area (Å²) in [5, 5.41) is 1.23. The number of hydrogen-bond donors (Lipinski definition) is 1. The third-order valence-corrected chi connectivity index (χ3v) is 3.76. The number of aromatic nitrogens is 1. The smallest absolute Gasteiger partial charge is 0.0702 e. The molecule has 94 valence electrons. The van der Waals surface area contributed by atoms with E-state index in [1.165, 1.54) is 17.4 Å². The van der Waals surface area contributed by atoms with E-state index >= 15 is 0 Å². The van der Waals surface area contributed by atoms with E-state index in [9.17, 15) is 0 Å². The average molecular weight is 241 g/mol. The molecule has 2 N–H and O–H groups in total. The van der Waals surface area contributed by atoms with Crippen molar-refractivity contribution in [2.75, 3.05) is 19.6 Å². The van der Waals surface area contributed by atoms with Crippen molar-refractivity contribution in [1.82, 2.24) is 9.88 Å². The van der Waals surface area contributed by atoms with Crippen LogP contribution in [0.3, 0.4) is 0 Å². The molecule has 1 fully saturated rings. The highest BCUT2D eigenvalue weighted by molar-refractivity contribution is 5.78.